The molecule has 2 saturated carbocycles. The zero-order valence-corrected chi connectivity index (χ0v) is 12.7. The van der Waals surface area contributed by atoms with Gasteiger partial charge in [0.25, 0.3) is 0 Å². The first kappa shape index (κ1) is 16.2. The molecule has 118 valence electrons. The zero-order chi connectivity index (χ0) is 14.5. The van der Waals surface area contributed by atoms with Gasteiger partial charge in [-0.2, -0.15) is 0 Å². The van der Waals surface area contributed by atoms with Gasteiger partial charge in [-0.05, 0) is 43.4 Å². The quantitative estimate of drug-likeness (QED) is 0.561. The number of unbranched alkanes of at least 4 members (excludes halogenated alkanes) is 2. The van der Waals surface area contributed by atoms with Crippen LogP contribution in [0.15, 0.2) is 0 Å². The lowest BCUT2D eigenvalue weighted by Gasteiger charge is -2.38. The molecule has 0 nitrogen and oxygen atoms in total. The molecule has 0 aliphatic heterocycles. The van der Waals surface area contributed by atoms with Gasteiger partial charge in [0.2, 0.25) is 0 Å². The van der Waals surface area contributed by atoms with Crippen molar-refractivity contribution in [2.75, 3.05) is 0 Å². The SMILES string of the molecule is CCCCCC1CCC(C2CC(F)C(F)C(F)C2)CC1. The molecule has 0 spiro atoms. The zero-order valence-electron chi connectivity index (χ0n) is 12.7. The van der Waals surface area contributed by atoms with Gasteiger partial charge in [-0.15, -0.1) is 0 Å². The molecule has 2 aliphatic carbocycles. The minimum atomic E-state index is -1.88. The van der Waals surface area contributed by atoms with Crippen molar-refractivity contribution >= 4 is 0 Å². The fraction of sp³-hybridized carbons (Fsp3) is 1.00. The minimum Gasteiger partial charge on any atom is -0.244 e. The van der Waals surface area contributed by atoms with Gasteiger partial charge in [0.1, 0.15) is 12.3 Å². The van der Waals surface area contributed by atoms with E-state index in [2.05, 4.69) is 6.92 Å². The Balaban J connectivity index is 1.73. The maximum atomic E-state index is 13.5. The van der Waals surface area contributed by atoms with Crippen molar-refractivity contribution in [2.45, 2.75) is 89.6 Å². The van der Waals surface area contributed by atoms with Gasteiger partial charge in [0.05, 0.1) is 0 Å². The molecule has 20 heavy (non-hydrogen) atoms. The number of alkyl halides is 3. The number of rotatable bonds is 5. The van der Waals surface area contributed by atoms with Crippen molar-refractivity contribution in [2.24, 2.45) is 17.8 Å². The molecule has 0 radical (unpaired) electrons. The summed E-state index contributed by atoms with van der Waals surface area (Å²) in [5.41, 5.74) is 0. The van der Waals surface area contributed by atoms with Crippen LogP contribution in [0.4, 0.5) is 13.2 Å². The molecule has 3 heteroatoms. The lowest BCUT2D eigenvalue weighted by molar-refractivity contribution is -0.00467. The van der Waals surface area contributed by atoms with Gasteiger partial charge in [0, 0.05) is 0 Å². The second-order valence-electron chi connectivity index (χ2n) is 6.98. The van der Waals surface area contributed by atoms with Crippen LogP contribution in [0.1, 0.15) is 71.1 Å². The van der Waals surface area contributed by atoms with Crippen LogP contribution in [0.5, 0.6) is 0 Å². The summed E-state index contributed by atoms with van der Waals surface area (Å²) in [6.45, 7) is 2.22. The van der Waals surface area contributed by atoms with Gasteiger partial charge < -0.3 is 0 Å². The van der Waals surface area contributed by atoms with Gasteiger partial charge in [-0.3, -0.25) is 0 Å². The summed E-state index contributed by atoms with van der Waals surface area (Å²) in [7, 11) is 0. The molecule has 0 aromatic carbocycles. The first-order valence-corrected chi connectivity index (χ1v) is 8.54. The van der Waals surface area contributed by atoms with Crippen molar-refractivity contribution in [3.8, 4) is 0 Å². The van der Waals surface area contributed by atoms with Gasteiger partial charge >= 0.3 is 0 Å². The second-order valence-corrected chi connectivity index (χ2v) is 6.98. The van der Waals surface area contributed by atoms with Crippen molar-refractivity contribution in [1.29, 1.82) is 0 Å². The Morgan fingerprint density at radius 1 is 0.800 bits per heavy atom. The van der Waals surface area contributed by atoms with Crippen LogP contribution < -0.4 is 0 Å². The number of halogens is 3. The highest BCUT2D eigenvalue weighted by Gasteiger charge is 2.41. The van der Waals surface area contributed by atoms with Crippen molar-refractivity contribution < 1.29 is 13.2 Å². The summed E-state index contributed by atoms with van der Waals surface area (Å²) in [6.07, 6.45) is 5.26. The average molecular weight is 290 g/mol. The Hall–Kier alpha value is -0.210. The van der Waals surface area contributed by atoms with E-state index >= 15 is 0 Å². The Morgan fingerprint density at radius 3 is 1.95 bits per heavy atom. The van der Waals surface area contributed by atoms with Crippen LogP contribution in [-0.4, -0.2) is 18.5 Å². The lowest BCUT2D eigenvalue weighted by atomic mass is 9.69. The van der Waals surface area contributed by atoms with E-state index in [-0.39, 0.29) is 18.8 Å². The van der Waals surface area contributed by atoms with E-state index < -0.39 is 18.5 Å². The van der Waals surface area contributed by atoms with Crippen molar-refractivity contribution in [3.05, 3.63) is 0 Å². The number of hydrogen-bond donors (Lipinski definition) is 0. The standard InChI is InChI=1S/C17H29F3/c1-2-3-4-5-12-6-8-13(9-7-12)14-10-15(18)17(20)16(19)11-14/h12-17H,2-11H2,1H3. The normalized spacial score (nSPS) is 42.6. The molecular weight excluding hydrogens is 261 g/mol. The van der Waals surface area contributed by atoms with Crippen LogP contribution in [0.3, 0.4) is 0 Å². The van der Waals surface area contributed by atoms with Crippen LogP contribution in [0.2, 0.25) is 0 Å². The first-order valence-electron chi connectivity index (χ1n) is 8.54. The molecule has 0 N–H and O–H groups in total. The van der Waals surface area contributed by atoms with E-state index in [1.807, 2.05) is 0 Å². The highest BCUT2D eigenvalue weighted by atomic mass is 19.2. The average Bonchev–Trinajstić information content (AvgIpc) is 2.45. The Kier molecular flexibility index (Phi) is 6.22. The van der Waals surface area contributed by atoms with E-state index in [0.29, 0.717) is 5.92 Å². The predicted octanol–water partition coefficient (Wildman–Crippen LogP) is 5.80. The van der Waals surface area contributed by atoms with E-state index in [9.17, 15) is 13.2 Å². The summed E-state index contributed by atoms with van der Waals surface area (Å²) in [5.74, 6) is 1.32. The molecule has 0 aromatic heterocycles. The number of hydrogen-bond acceptors (Lipinski definition) is 0. The van der Waals surface area contributed by atoms with Crippen molar-refractivity contribution in [1.82, 2.24) is 0 Å². The van der Waals surface area contributed by atoms with Gasteiger partial charge in [0.15, 0.2) is 6.17 Å². The predicted molar refractivity (Wildman–Crippen MR) is 77.0 cm³/mol. The van der Waals surface area contributed by atoms with Crippen LogP contribution in [0.25, 0.3) is 0 Å². The topological polar surface area (TPSA) is 0 Å². The van der Waals surface area contributed by atoms with E-state index in [1.54, 1.807) is 0 Å². The summed E-state index contributed by atoms with van der Waals surface area (Å²) in [6, 6.07) is 0. The molecule has 0 saturated heterocycles. The van der Waals surface area contributed by atoms with Gasteiger partial charge in [-0.25, -0.2) is 13.2 Å². The molecular formula is C17H29F3. The smallest absolute Gasteiger partial charge is 0.162 e. The monoisotopic (exact) mass is 290 g/mol. The molecule has 0 bridgehead atoms. The fourth-order valence-electron chi connectivity index (χ4n) is 4.18. The Labute approximate surface area is 121 Å². The molecule has 2 unspecified atom stereocenters. The van der Waals surface area contributed by atoms with Crippen LogP contribution in [-0.2, 0) is 0 Å². The molecule has 2 rings (SSSR count). The fourth-order valence-corrected chi connectivity index (χ4v) is 4.18. The molecule has 0 aromatic rings. The Bertz CT molecular complexity index is 261. The molecule has 2 fully saturated rings. The molecule has 0 heterocycles. The maximum absolute atomic E-state index is 13.5. The highest BCUT2D eigenvalue weighted by Crippen LogP contribution is 2.43. The van der Waals surface area contributed by atoms with Crippen molar-refractivity contribution in [3.63, 3.8) is 0 Å². The highest BCUT2D eigenvalue weighted by molar-refractivity contribution is 4.90. The first-order chi connectivity index (χ1) is 9.61. The molecule has 2 atom stereocenters. The maximum Gasteiger partial charge on any atom is 0.162 e. The van der Waals surface area contributed by atoms with Crippen LogP contribution >= 0.6 is 0 Å². The third kappa shape index (κ3) is 4.14. The largest absolute Gasteiger partial charge is 0.244 e. The van der Waals surface area contributed by atoms with E-state index in [1.165, 1.54) is 38.5 Å². The Morgan fingerprint density at radius 2 is 1.40 bits per heavy atom. The van der Waals surface area contributed by atoms with Gasteiger partial charge in [-0.1, -0.05) is 45.4 Å². The summed E-state index contributed by atoms with van der Waals surface area (Å²) in [4.78, 5) is 0. The van der Waals surface area contributed by atoms with E-state index in [0.717, 1.165) is 18.8 Å². The summed E-state index contributed by atoms with van der Waals surface area (Å²) in [5, 5.41) is 0. The third-order valence-electron chi connectivity index (χ3n) is 5.52. The molecule has 0 amide bonds. The second kappa shape index (κ2) is 7.70. The van der Waals surface area contributed by atoms with Crippen LogP contribution in [0, 0.1) is 17.8 Å². The third-order valence-corrected chi connectivity index (χ3v) is 5.52. The minimum absolute atomic E-state index is 0.0728. The summed E-state index contributed by atoms with van der Waals surface area (Å²) >= 11 is 0. The lowest BCUT2D eigenvalue weighted by Crippen LogP contribution is -2.40. The molecule has 2 aliphatic rings. The van der Waals surface area contributed by atoms with E-state index in [4.69, 9.17) is 0 Å². The summed E-state index contributed by atoms with van der Waals surface area (Å²) < 4.78 is 40.2.